The molecule has 1 aliphatic heterocycles. The summed E-state index contributed by atoms with van der Waals surface area (Å²) >= 11 is 0. The maximum Gasteiger partial charge on any atom is 0.296 e. The lowest BCUT2D eigenvalue weighted by Crippen LogP contribution is -2.29. The van der Waals surface area contributed by atoms with E-state index in [4.69, 9.17) is 9.15 Å². The van der Waals surface area contributed by atoms with E-state index in [-0.39, 0.29) is 17.9 Å². The first-order valence-electron chi connectivity index (χ1n) is 11.0. The summed E-state index contributed by atoms with van der Waals surface area (Å²) in [4.78, 5) is 31.4. The monoisotopic (exact) mass is 446 g/mol. The number of hydrogen-bond acceptors (Lipinski definition) is 6. The zero-order valence-corrected chi connectivity index (χ0v) is 18.4. The van der Waals surface area contributed by atoms with Crippen LogP contribution in [0.15, 0.2) is 77.2 Å². The van der Waals surface area contributed by atoms with E-state index < -0.39 is 17.7 Å². The lowest BCUT2D eigenvalue weighted by molar-refractivity contribution is -0.140. The van der Waals surface area contributed by atoms with E-state index in [0.29, 0.717) is 29.2 Å². The number of rotatable bonds is 9. The van der Waals surface area contributed by atoms with Gasteiger partial charge in [-0.25, -0.2) is 0 Å². The molecule has 4 rings (SSSR count). The first kappa shape index (κ1) is 22.3. The van der Waals surface area contributed by atoms with Crippen molar-refractivity contribution in [2.75, 3.05) is 6.61 Å². The molecule has 1 unspecified atom stereocenters. The molecule has 1 saturated heterocycles. The van der Waals surface area contributed by atoms with Gasteiger partial charge in [-0.05, 0) is 48.4 Å². The minimum atomic E-state index is -0.766. The van der Waals surface area contributed by atoms with E-state index >= 15 is 0 Å². The molecule has 7 nitrogen and oxygen atoms in total. The first-order chi connectivity index (χ1) is 16.1. The fourth-order valence-corrected chi connectivity index (χ4v) is 3.91. The van der Waals surface area contributed by atoms with Crippen molar-refractivity contribution in [3.05, 3.63) is 89.6 Å². The molecule has 1 N–H and O–H groups in total. The molecule has 1 atom stereocenters. The standard InChI is InChI=1S/C26H26N2O5/c1-2-3-4-15-32-20-9-7-18(8-10-20)23-22(24(29)19-11-13-27-14-12-19)25(30)26(31)28(23)17-21-6-5-16-33-21/h5-14,16,23,29H,2-4,15,17H2,1H3/b24-22+. The smallest absolute Gasteiger partial charge is 0.296 e. The fourth-order valence-electron chi connectivity index (χ4n) is 3.91. The minimum absolute atomic E-state index is 0.0365. The highest BCUT2D eigenvalue weighted by molar-refractivity contribution is 6.46. The SMILES string of the molecule is CCCCCOc1ccc(C2/C(=C(\O)c3ccncc3)C(=O)C(=O)N2Cc2ccco2)cc1. The number of furan rings is 1. The summed E-state index contributed by atoms with van der Waals surface area (Å²) in [5.41, 5.74) is 1.15. The lowest BCUT2D eigenvalue weighted by Gasteiger charge is -2.24. The Hall–Kier alpha value is -3.87. The molecule has 2 aromatic heterocycles. The van der Waals surface area contributed by atoms with Crippen LogP contribution in [-0.4, -0.2) is 33.3 Å². The van der Waals surface area contributed by atoms with Crippen LogP contribution in [0, 0.1) is 0 Å². The Morgan fingerprint density at radius 2 is 1.85 bits per heavy atom. The predicted octanol–water partition coefficient (Wildman–Crippen LogP) is 4.87. The number of aliphatic hydroxyl groups is 1. The van der Waals surface area contributed by atoms with Crippen LogP contribution in [0.2, 0.25) is 0 Å². The van der Waals surface area contributed by atoms with Crippen molar-refractivity contribution in [1.82, 2.24) is 9.88 Å². The number of ether oxygens (including phenoxy) is 1. The second kappa shape index (κ2) is 10.2. The highest BCUT2D eigenvalue weighted by Gasteiger charge is 2.46. The largest absolute Gasteiger partial charge is 0.507 e. The second-order valence-corrected chi connectivity index (χ2v) is 7.87. The van der Waals surface area contributed by atoms with E-state index in [0.717, 1.165) is 19.3 Å². The first-order valence-corrected chi connectivity index (χ1v) is 11.0. The summed E-state index contributed by atoms with van der Waals surface area (Å²) in [6.45, 7) is 2.87. The van der Waals surface area contributed by atoms with Crippen LogP contribution >= 0.6 is 0 Å². The Kier molecular flexibility index (Phi) is 6.88. The van der Waals surface area contributed by atoms with Crippen molar-refractivity contribution in [3.8, 4) is 5.75 Å². The summed E-state index contributed by atoms with van der Waals surface area (Å²) in [6, 6.07) is 13.2. The van der Waals surface area contributed by atoms with Gasteiger partial charge >= 0.3 is 0 Å². The Bertz CT molecular complexity index is 1120. The molecular weight excluding hydrogens is 420 g/mol. The molecule has 0 spiro atoms. The molecule has 33 heavy (non-hydrogen) atoms. The molecular formula is C26H26N2O5. The highest BCUT2D eigenvalue weighted by atomic mass is 16.5. The van der Waals surface area contributed by atoms with E-state index in [2.05, 4.69) is 11.9 Å². The number of hydrogen-bond donors (Lipinski definition) is 1. The van der Waals surface area contributed by atoms with E-state index in [9.17, 15) is 14.7 Å². The van der Waals surface area contributed by atoms with Crippen LogP contribution in [0.3, 0.4) is 0 Å². The third kappa shape index (κ3) is 4.82. The number of nitrogens with zero attached hydrogens (tertiary/aromatic N) is 2. The molecule has 0 radical (unpaired) electrons. The zero-order valence-electron chi connectivity index (χ0n) is 18.4. The number of unbranched alkanes of at least 4 members (excludes halogenated alkanes) is 2. The van der Waals surface area contributed by atoms with Crippen molar-refractivity contribution >= 4 is 17.4 Å². The van der Waals surface area contributed by atoms with Gasteiger partial charge in [0, 0.05) is 18.0 Å². The molecule has 3 heterocycles. The van der Waals surface area contributed by atoms with Crippen LogP contribution < -0.4 is 4.74 Å². The molecule has 1 aliphatic rings. The Labute approximate surface area is 192 Å². The summed E-state index contributed by atoms with van der Waals surface area (Å²) in [5, 5.41) is 11.0. The topological polar surface area (TPSA) is 92.9 Å². The molecule has 170 valence electrons. The summed E-state index contributed by atoms with van der Waals surface area (Å²) in [5.74, 6) is -0.399. The molecule has 7 heteroatoms. The van der Waals surface area contributed by atoms with Crippen LogP contribution in [0.25, 0.3) is 5.76 Å². The number of Topliss-reactive ketones (excluding diaryl/α,β-unsaturated/α-hetero) is 1. The van der Waals surface area contributed by atoms with Crippen molar-refractivity contribution in [2.24, 2.45) is 0 Å². The molecule has 3 aromatic rings. The fraction of sp³-hybridized carbons (Fsp3) is 0.269. The number of amides is 1. The number of likely N-dealkylation sites (tertiary alicyclic amines) is 1. The van der Waals surface area contributed by atoms with Gasteiger partial charge in [-0.3, -0.25) is 14.6 Å². The maximum absolute atomic E-state index is 13.0. The van der Waals surface area contributed by atoms with E-state index in [1.807, 2.05) is 24.3 Å². The van der Waals surface area contributed by atoms with Crippen molar-refractivity contribution < 1.29 is 23.8 Å². The molecule has 0 bridgehead atoms. The third-order valence-corrected chi connectivity index (χ3v) is 5.61. The van der Waals surface area contributed by atoms with Gasteiger partial charge < -0.3 is 19.2 Å². The van der Waals surface area contributed by atoms with Crippen LogP contribution in [0.1, 0.15) is 49.1 Å². The number of carbonyl (C=O) groups is 2. The predicted molar refractivity (Wildman–Crippen MR) is 122 cm³/mol. The molecule has 1 amide bonds. The Morgan fingerprint density at radius 1 is 1.09 bits per heavy atom. The van der Waals surface area contributed by atoms with Crippen molar-refractivity contribution in [1.29, 1.82) is 0 Å². The van der Waals surface area contributed by atoms with Gasteiger partial charge in [0.25, 0.3) is 11.7 Å². The van der Waals surface area contributed by atoms with Crippen molar-refractivity contribution in [3.63, 3.8) is 0 Å². The second-order valence-electron chi connectivity index (χ2n) is 7.87. The van der Waals surface area contributed by atoms with Gasteiger partial charge in [-0.15, -0.1) is 0 Å². The summed E-state index contributed by atoms with van der Waals surface area (Å²) < 4.78 is 11.2. The zero-order chi connectivity index (χ0) is 23.2. The highest BCUT2D eigenvalue weighted by Crippen LogP contribution is 2.40. The van der Waals surface area contributed by atoms with Gasteiger partial charge in [-0.1, -0.05) is 31.9 Å². The third-order valence-electron chi connectivity index (χ3n) is 5.61. The quantitative estimate of drug-likeness (QED) is 0.218. The average Bonchev–Trinajstić information content (AvgIpc) is 3.45. The Balaban J connectivity index is 1.70. The van der Waals surface area contributed by atoms with Crippen LogP contribution in [0.4, 0.5) is 0 Å². The molecule has 1 fully saturated rings. The number of pyridine rings is 1. The summed E-state index contributed by atoms with van der Waals surface area (Å²) in [6.07, 6.45) is 7.76. The number of carbonyl (C=O) groups excluding carboxylic acids is 2. The molecule has 1 aromatic carbocycles. The normalized spacial score (nSPS) is 17.5. The number of aliphatic hydroxyl groups excluding tert-OH is 1. The van der Waals surface area contributed by atoms with Gasteiger partial charge in [0.1, 0.15) is 17.3 Å². The van der Waals surface area contributed by atoms with Crippen LogP contribution in [0.5, 0.6) is 5.75 Å². The summed E-state index contributed by atoms with van der Waals surface area (Å²) in [7, 11) is 0. The van der Waals surface area contributed by atoms with Gasteiger partial charge in [0.15, 0.2) is 0 Å². The number of ketones is 1. The number of aromatic nitrogens is 1. The maximum atomic E-state index is 13.0. The Morgan fingerprint density at radius 3 is 2.52 bits per heavy atom. The lowest BCUT2D eigenvalue weighted by atomic mass is 9.95. The van der Waals surface area contributed by atoms with E-state index in [1.54, 1.807) is 24.3 Å². The van der Waals surface area contributed by atoms with Gasteiger partial charge in [0.2, 0.25) is 0 Å². The van der Waals surface area contributed by atoms with Gasteiger partial charge in [-0.2, -0.15) is 0 Å². The van der Waals surface area contributed by atoms with Gasteiger partial charge in [0.05, 0.1) is 31.0 Å². The van der Waals surface area contributed by atoms with E-state index in [1.165, 1.54) is 23.6 Å². The van der Waals surface area contributed by atoms with Crippen LogP contribution in [-0.2, 0) is 16.1 Å². The molecule has 0 aliphatic carbocycles. The number of benzene rings is 1. The average molecular weight is 447 g/mol. The van der Waals surface area contributed by atoms with Crippen molar-refractivity contribution in [2.45, 2.75) is 38.8 Å². The minimum Gasteiger partial charge on any atom is -0.507 e. The molecule has 0 saturated carbocycles.